The van der Waals surface area contributed by atoms with Gasteiger partial charge in [0.2, 0.25) is 5.95 Å². The predicted octanol–water partition coefficient (Wildman–Crippen LogP) is 5.05. The summed E-state index contributed by atoms with van der Waals surface area (Å²) >= 11 is 0. The van der Waals surface area contributed by atoms with E-state index in [0.717, 1.165) is 23.2 Å². The lowest BCUT2D eigenvalue weighted by Crippen LogP contribution is -2.34. The van der Waals surface area contributed by atoms with Crippen molar-refractivity contribution >= 4 is 23.0 Å². The van der Waals surface area contributed by atoms with Gasteiger partial charge in [0, 0.05) is 0 Å². The van der Waals surface area contributed by atoms with E-state index in [1.807, 2.05) is 10.6 Å². The minimum atomic E-state index is -0.381. The Bertz CT molecular complexity index is 1140. The lowest BCUT2D eigenvalue weighted by molar-refractivity contribution is 0.0601. The van der Waals surface area contributed by atoms with Gasteiger partial charge in [0.15, 0.2) is 0 Å². The zero-order valence-electron chi connectivity index (χ0n) is 18.1. The molecule has 1 aromatic heterocycles. The van der Waals surface area contributed by atoms with Crippen LogP contribution in [0.4, 0.5) is 5.95 Å². The van der Waals surface area contributed by atoms with Gasteiger partial charge in [-0.05, 0) is 71.6 Å². The molecule has 0 aliphatic heterocycles. The summed E-state index contributed by atoms with van der Waals surface area (Å²) in [5.74, 6) is 0.0342. The summed E-state index contributed by atoms with van der Waals surface area (Å²) in [7, 11) is 1.37. The molecule has 1 aliphatic carbocycles. The average molecular weight is 392 g/mol. The molecule has 0 amide bonds. The van der Waals surface area contributed by atoms with Crippen LogP contribution in [-0.4, -0.2) is 22.6 Å². The second-order valence-electron chi connectivity index (χ2n) is 9.45. The number of nitrogen functional groups attached to an aromatic ring is 1. The van der Waals surface area contributed by atoms with Crippen molar-refractivity contribution in [1.82, 2.24) is 9.55 Å². The third-order valence-electron chi connectivity index (χ3n) is 6.51. The van der Waals surface area contributed by atoms with Gasteiger partial charge in [0.25, 0.3) is 0 Å². The summed E-state index contributed by atoms with van der Waals surface area (Å²) in [6, 6.07) is 9.98. The monoisotopic (exact) mass is 391 g/mol. The smallest absolute Gasteiger partial charge is 0.337 e. The van der Waals surface area contributed by atoms with Crippen molar-refractivity contribution in [3.05, 3.63) is 52.6 Å². The fourth-order valence-electron chi connectivity index (χ4n) is 4.55. The fourth-order valence-corrected chi connectivity index (χ4v) is 4.55. The number of benzene rings is 2. The average Bonchev–Trinajstić information content (AvgIpc) is 2.99. The molecule has 2 aromatic carbocycles. The molecule has 0 atom stereocenters. The van der Waals surface area contributed by atoms with Gasteiger partial charge < -0.3 is 10.5 Å². The number of hydrogen-bond acceptors (Lipinski definition) is 4. The Morgan fingerprint density at radius 3 is 2.31 bits per heavy atom. The highest BCUT2D eigenvalue weighted by molar-refractivity contribution is 5.94. The number of hydrogen-bond donors (Lipinski definition) is 1. The zero-order valence-corrected chi connectivity index (χ0v) is 18.1. The molecule has 0 saturated heterocycles. The van der Waals surface area contributed by atoms with Gasteiger partial charge in [-0.3, -0.25) is 4.57 Å². The van der Waals surface area contributed by atoms with Gasteiger partial charge in [-0.1, -0.05) is 33.8 Å². The van der Waals surface area contributed by atoms with Crippen LogP contribution in [-0.2, 0) is 15.6 Å². The third-order valence-corrected chi connectivity index (χ3v) is 6.51. The van der Waals surface area contributed by atoms with Crippen LogP contribution in [0.2, 0.25) is 0 Å². The van der Waals surface area contributed by atoms with E-state index in [2.05, 4.69) is 51.7 Å². The molecule has 29 heavy (non-hydrogen) atoms. The van der Waals surface area contributed by atoms with E-state index in [-0.39, 0.29) is 16.8 Å². The lowest BCUT2D eigenvalue weighted by atomic mass is 9.63. The molecule has 1 aliphatic rings. The Kier molecular flexibility index (Phi) is 4.26. The predicted molar refractivity (Wildman–Crippen MR) is 117 cm³/mol. The van der Waals surface area contributed by atoms with Gasteiger partial charge in [-0.15, -0.1) is 0 Å². The summed E-state index contributed by atoms with van der Waals surface area (Å²) in [5.41, 5.74) is 13.6. The number of carbonyl (C=O) groups excluding carboxylic acids is 1. The molecule has 0 spiro atoms. The summed E-state index contributed by atoms with van der Waals surface area (Å²) in [5, 5.41) is 0. The summed E-state index contributed by atoms with van der Waals surface area (Å²) < 4.78 is 6.82. The Hall–Kier alpha value is -2.82. The first-order chi connectivity index (χ1) is 13.5. The number of anilines is 1. The lowest BCUT2D eigenvalue weighted by Gasteiger charge is -2.42. The maximum absolute atomic E-state index is 11.9. The van der Waals surface area contributed by atoms with Crippen LogP contribution in [0.15, 0.2) is 30.3 Å². The number of imidazole rings is 1. The van der Waals surface area contributed by atoms with Crippen LogP contribution < -0.4 is 5.73 Å². The van der Waals surface area contributed by atoms with Crippen LogP contribution in [0.5, 0.6) is 0 Å². The van der Waals surface area contributed by atoms with Crippen LogP contribution in [0.1, 0.15) is 67.6 Å². The summed E-state index contributed by atoms with van der Waals surface area (Å²) in [4.78, 5) is 16.4. The normalized spacial score (nSPS) is 17.2. The highest BCUT2D eigenvalue weighted by Crippen LogP contribution is 2.47. The van der Waals surface area contributed by atoms with Crippen LogP contribution >= 0.6 is 0 Å². The number of aryl methyl sites for hydroxylation is 1. The van der Waals surface area contributed by atoms with E-state index in [1.54, 1.807) is 12.1 Å². The van der Waals surface area contributed by atoms with Crippen molar-refractivity contribution in [3.63, 3.8) is 0 Å². The highest BCUT2D eigenvalue weighted by atomic mass is 16.5. The standard InChI is InChI=1S/C24H29N3O2/c1-14-11-16-17(24(4,5)10-9-23(16,2)3)13-20(14)27-19-8-7-15(21(28)29-6)12-18(19)26-22(27)25/h7-8,11-13H,9-10H2,1-6H3,(H2,25,26). The number of rotatable bonds is 2. The Morgan fingerprint density at radius 2 is 1.69 bits per heavy atom. The number of esters is 1. The van der Waals surface area contributed by atoms with E-state index in [9.17, 15) is 4.79 Å². The van der Waals surface area contributed by atoms with Crippen molar-refractivity contribution < 1.29 is 9.53 Å². The molecular formula is C24H29N3O2. The Labute approximate surface area is 171 Å². The quantitative estimate of drug-likeness (QED) is 0.621. The van der Waals surface area contributed by atoms with E-state index in [4.69, 9.17) is 10.5 Å². The molecule has 5 heteroatoms. The van der Waals surface area contributed by atoms with Crippen molar-refractivity contribution in [2.45, 2.75) is 58.3 Å². The minimum Gasteiger partial charge on any atom is -0.465 e. The second kappa shape index (κ2) is 6.34. The molecule has 5 nitrogen and oxygen atoms in total. The molecule has 1 heterocycles. The number of methoxy groups -OCH3 is 1. The van der Waals surface area contributed by atoms with Gasteiger partial charge in [-0.25, -0.2) is 9.78 Å². The van der Waals surface area contributed by atoms with E-state index >= 15 is 0 Å². The van der Waals surface area contributed by atoms with Crippen molar-refractivity contribution in [1.29, 1.82) is 0 Å². The Morgan fingerprint density at radius 1 is 1.07 bits per heavy atom. The van der Waals surface area contributed by atoms with Gasteiger partial charge in [0.05, 0.1) is 29.4 Å². The van der Waals surface area contributed by atoms with Crippen molar-refractivity contribution in [2.75, 3.05) is 12.8 Å². The van der Waals surface area contributed by atoms with Gasteiger partial charge in [0.1, 0.15) is 0 Å². The Balaban J connectivity index is 1.95. The van der Waals surface area contributed by atoms with Crippen LogP contribution in [0.3, 0.4) is 0 Å². The maximum Gasteiger partial charge on any atom is 0.337 e. The van der Waals surface area contributed by atoms with Crippen molar-refractivity contribution in [2.24, 2.45) is 0 Å². The molecule has 4 rings (SSSR count). The number of ether oxygens (including phenoxy) is 1. The number of aromatic nitrogens is 2. The number of carbonyl (C=O) groups is 1. The molecule has 0 radical (unpaired) electrons. The minimum absolute atomic E-state index is 0.108. The molecule has 0 bridgehead atoms. The molecule has 3 aromatic rings. The number of nitrogens with zero attached hydrogens (tertiary/aromatic N) is 2. The zero-order chi connectivity index (χ0) is 21.1. The third kappa shape index (κ3) is 3.00. The van der Waals surface area contributed by atoms with Crippen molar-refractivity contribution in [3.8, 4) is 5.69 Å². The second-order valence-corrected chi connectivity index (χ2v) is 9.45. The molecule has 152 valence electrons. The van der Waals surface area contributed by atoms with E-state index in [1.165, 1.54) is 24.7 Å². The van der Waals surface area contributed by atoms with Gasteiger partial charge >= 0.3 is 5.97 Å². The molecule has 2 N–H and O–H groups in total. The van der Waals surface area contributed by atoms with Crippen LogP contribution in [0.25, 0.3) is 16.7 Å². The van der Waals surface area contributed by atoms with Gasteiger partial charge in [-0.2, -0.15) is 0 Å². The first kappa shape index (κ1) is 19.5. The number of fused-ring (bicyclic) bond motifs is 2. The topological polar surface area (TPSA) is 70.1 Å². The summed E-state index contributed by atoms with van der Waals surface area (Å²) in [6.45, 7) is 11.4. The summed E-state index contributed by atoms with van der Waals surface area (Å²) in [6.07, 6.45) is 2.33. The largest absolute Gasteiger partial charge is 0.465 e. The van der Waals surface area contributed by atoms with E-state index < -0.39 is 0 Å². The van der Waals surface area contributed by atoms with Crippen LogP contribution in [0, 0.1) is 6.92 Å². The van der Waals surface area contributed by atoms with E-state index in [0.29, 0.717) is 17.0 Å². The molecular weight excluding hydrogens is 362 g/mol. The molecule has 0 unspecified atom stereocenters. The fraction of sp³-hybridized carbons (Fsp3) is 0.417. The molecule has 0 fully saturated rings. The first-order valence-corrected chi connectivity index (χ1v) is 10.1. The molecule has 0 saturated carbocycles. The first-order valence-electron chi connectivity index (χ1n) is 10.1. The SMILES string of the molecule is COC(=O)c1ccc2c(c1)nc(N)n2-c1cc2c(cc1C)C(C)(C)CCC2(C)C. The maximum atomic E-state index is 11.9. The number of nitrogens with two attached hydrogens (primary N) is 1. The highest BCUT2D eigenvalue weighted by Gasteiger charge is 2.37.